The summed E-state index contributed by atoms with van der Waals surface area (Å²) in [7, 11) is -3.52. The maximum Gasteiger partial charge on any atom is 0.264 e. The van der Waals surface area contributed by atoms with Crippen molar-refractivity contribution in [2.75, 3.05) is 6.26 Å². The normalized spacial score (nSPS) is 22.2. The van der Waals surface area contributed by atoms with Crippen LogP contribution in [-0.4, -0.2) is 55.1 Å². The van der Waals surface area contributed by atoms with Crippen LogP contribution in [0.1, 0.15) is 26.7 Å². The minimum absolute atomic E-state index is 0.0580. The molecule has 0 radical (unpaired) electrons. The standard InChI is InChI=1S/C12H16O5S.C11H14O2S/c1-10(17-18(2,14)15)8-12(9-13)16-11-6-4-3-5-7-11;1-8-7-10(11(12)14-8)13-9-5-3-2-4-6-9/h3-7,9-10,12H,8H2,1-2H3;2-6,8,10-12H,7H2,1H3. The van der Waals surface area contributed by atoms with E-state index in [1.54, 1.807) is 43.0 Å². The highest BCUT2D eigenvalue weighted by molar-refractivity contribution is 8.00. The third-order valence-electron chi connectivity index (χ3n) is 4.37. The van der Waals surface area contributed by atoms with E-state index in [1.165, 1.54) is 0 Å². The molecule has 0 bridgehead atoms. The number of aliphatic hydroxyl groups excluding tert-OH is 1. The van der Waals surface area contributed by atoms with Gasteiger partial charge >= 0.3 is 0 Å². The zero-order chi connectivity index (χ0) is 23.6. The maximum absolute atomic E-state index is 10.9. The van der Waals surface area contributed by atoms with Gasteiger partial charge in [-0.2, -0.15) is 8.42 Å². The second-order valence-corrected chi connectivity index (χ2v) is 10.7. The van der Waals surface area contributed by atoms with Crippen LogP contribution in [0.25, 0.3) is 0 Å². The number of benzene rings is 2. The Morgan fingerprint density at radius 3 is 2.12 bits per heavy atom. The SMILES string of the molecule is CC(CC(C=O)Oc1ccccc1)OS(C)(=O)=O.CC1CC(Oc2ccccc2)C(O)S1. The van der Waals surface area contributed by atoms with Crippen LogP contribution in [0, 0.1) is 0 Å². The molecule has 9 heteroatoms. The van der Waals surface area contributed by atoms with Gasteiger partial charge in [0.25, 0.3) is 10.1 Å². The van der Waals surface area contributed by atoms with Gasteiger partial charge in [0.15, 0.2) is 12.4 Å². The Bertz CT molecular complexity index is 906. The smallest absolute Gasteiger partial charge is 0.264 e. The third kappa shape index (κ3) is 10.0. The second-order valence-electron chi connectivity index (χ2n) is 7.49. The van der Waals surface area contributed by atoms with Crippen LogP contribution in [0.2, 0.25) is 0 Å². The number of hydrogen-bond acceptors (Lipinski definition) is 8. The topological polar surface area (TPSA) is 99.1 Å². The molecule has 1 aliphatic heterocycles. The zero-order valence-electron chi connectivity index (χ0n) is 18.4. The van der Waals surface area contributed by atoms with Gasteiger partial charge in [0.1, 0.15) is 23.0 Å². The number of hydrogen-bond donors (Lipinski definition) is 1. The number of carbonyl (C=O) groups is 1. The lowest BCUT2D eigenvalue weighted by Gasteiger charge is -2.17. The molecule has 176 valence electrons. The number of aldehydes is 1. The molecule has 0 saturated carbocycles. The fourth-order valence-electron chi connectivity index (χ4n) is 3.08. The molecule has 0 aromatic heterocycles. The van der Waals surface area contributed by atoms with E-state index < -0.39 is 22.3 Å². The van der Waals surface area contributed by atoms with E-state index in [1.807, 2.05) is 36.4 Å². The Hall–Kier alpha value is -2.07. The maximum atomic E-state index is 10.9. The molecule has 1 fully saturated rings. The average molecular weight is 483 g/mol. The van der Waals surface area contributed by atoms with E-state index in [0.717, 1.165) is 18.4 Å². The molecule has 1 aliphatic rings. The summed E-state index contributed by atoms with van der Waals surface area (Å²) in [5.41, 5.74) is -0.384. The van der Waals surface area contributed by atoms with Crippen molar-refractivity contribution in [1.82, 2.24) is 0 Å². The number of ether oxygens (including phenoxy) is 2. The van der Waals surface area contributed by atoms with Crippen molar-refractivity contribution in [3.8, 4) is 11.5 Å². The van der Waals surface area contributed by atoms with Gasteiger partial charge in [-0.1, -0.05) is 43.3 Å². The fourth-order valence-corrected chi connectivity index (χ4v) is 4.87. The minimum atomic E-state index is -3.52. The van der Waals surface area contributed by atoms with Crippen LogP contribution < -0.4 is 9.47 Å². The monoisotopic (exact) mass is 482 g/mol. The molecule has 1 N–H and O–H groups in total. The molecule has 5 unspecified atom stereocenters. The molecule has 0 spiro atoms. The van der Waals surface area contributed by atoms with Crippen molar-refractivity contribution in [3.63, 3.8) is 0 Å². The molecule has 3 rings (SSSR count). The van der Waals surface area contributed by atoms with Crippen LogP contribution in [0.4, 0.5) is 0 Å². The average Bonchev–Trinajstić information content (AvgIpc) is 3.04. The van der Waals surface area contributed by atoms with Crippen LogP contribution >= 0.6 is 11.8 Å². The summed E-state index contributed by atoms with van der Waals surface area (Å²) >= 11 is 1.58. The summed E-state index contributed by atoms with van der Waals surface area (Å²) in [5, 5.41) is 10.1. The van der Waals surface area contributed by atoms with Gasteiger partial charge in [0.05, 0.1) is 12.4 Å². The van der Waals surface area contributed by atoms with Crippen molar-refractivity contribution in [1.29, 1.82) is 0 Å². The first-order chi connectivity index (χ1) is 15.2. The van der Waals surface area contributed by atoms with E-state index in [-0.39, 0.29) is 18.0 Å². The molecule has 7 nitrogen and oxygen atoms in total. The quantitative estimate of drug-likeness (QED) is 0.427. The Labute approximate surface area is 194 Å². The second kappa shape index (κ2) is 12.8. The third-order valence-corrected chi connectivity index (χ3v) is 6.29. The minimum Gasteiger partial charge on any atom is -0.487 e. The van der Waals surface area contributed by atoms with Crippen LogP contribution in [-0.2, 0) is 19.1 Å². The molecule has 1 heterocycles. The molecule has 5 atom stereocenters. The number of thioether (sulfide) groups is 1. The fraction of sp³-hybridized carbons (Fsp3) is 0.435. The lowest BCUT2D eigenvalue weighted by atomic mass is 10.2. The summed E-state index contributed by atoms with van der Waals surface area (Å²) in [5.74, 6) is 1.40. The summed E-state index contributed by atoms with van der Waals surface area (Å²) < 4.78 is 37.7. The van der Waals surface area contributed by atoms with Crippen molar-refractivity contribution in [3.05, 3.63) is 60.7 Å². The highest BCUT2D eigenvalue weighted by Gasteiger charge is 2.32. The first kappa shape index (κ1) is 26.2. The molecular weight excluding hydrogens is 452 g/mol. The van der Waals surface area contributed by atoms with Crippen LogP contribution in [0.3, 0.4) is 0 Å². The molecule has 2 aromatic carbocycles. The Balaban J connectivity index is 0.000000233. The zero-order valence-corrected chi connectivity index (χ0v) is 20.0. The predicted octanol–water partition coefficient (Wildman–Crippen LogP) is 3.67. The van der Waals surface area contributed by atoms with E-state index in [9.17, 15) is 18.3 Å². The van der Waals surface area contributed by atoms with Gasteiger partial charge in [-0.25, -0.2) is 0 Å². The van der Waals surface area contributed by atoms with Crippen molar-refractivity contribution in [2.45, 2.75) is 55.7 Å². The molecule has 0 amide bonds. The van der Waals surface area contributed by atoms with Crippen molar-refractivity contribution in [2.24, 2.45) is 0 Å². The van der Waals surface area contributed by atoms with Crippen molar-refractivity contribution >= 4 is 28.2 Å². The van der Waals surface area contributed by atoms with Gasteiger partial charge in [0.2, 0.25) is 0 Å². The van der Waals surface area contributed by atoms with E-state index in [2.05, 4.69) is 6.92 Å². The van der Waals surface area contributed by atoms with Gasteiger partial charge in [-0.15, -0.1) is 11.8 Å². The predicted molar refractivity (Wildman–Crippen MR) is 125 cm³/mol. The number of rotatable bonds is 9. The first-order valence-electron chi connectivity index (χ1n) is 10.3. The Kier molecular flexibility index (Phi) is 10.5. The summed E-state index contributed by atoms with van der Waals surface area (Å²) in [6.07, 6.45) is 1.29. The van der Waals surface area contributed by atoms with Gasteiger partial charge < -0.3 is 14.6 Å². The number of para-hydroxylation sites is 2. The summed E-state index contributed by atoms with van der Waals surface area (Å²) in [4.78, 5) is 10.9. The molecule has 0 aliphatic carbocycles. The Morgan fingerprint density at radius 1 is 1.09 bits per heavy atom. The number of carbonyl (C=O) groups excluding carboxylic acids is 1. The molecule has 32 heavy (non-hydrogen) atoms. The van der Waals surface area contributed by atoms with Crippen LogP contribution in [0.5, 0.6) is 11.5 Å². The first-order valence-corrected chi connectivity index (χ1v) is 13.0. The Morgan fingerprint density at radius 2 is 1.66 bits per heavy atom. The molecule has 1 saturated heterocycles. The van der Waals surface area contributed by atoms with Gasteiger partial charge in [-0.05, 0) is 37.6 Å². The van der Waals surface area contributed by atoms with Crippen molar-refractivity contribution < 1.29 is 32.0 Å². The number of aliphatic hydroxyl groups is 1. The van der Waals surface area contributed by atoms with Gasteiger partial charge in [0, 0.05) is 11.7 Å². The van der Waals surface area contributed by atoms with E-state index >= 15 is 0 Å². The van der Waals surface area contributed by atoms with Crippen LogP contribution in [0.15, 0.2) is 60.7 Å². The lowest BCUT2D eigenvalue weighted by molar-refractivity contribution is -0.114. The highest BCUT2D eigenvalue weighted by Crippen LogP contribution is 2.34. The lowest BCUT2D eigenvalue weighted by Crippen LogP contribution is -2.26. The molecular formula is C23H30O7S2. The highest BCUT2D eigenvalue weighted by atomic mass is 32.2. The van der Waals surface area contributed by atoms with E-state index in [4.69, 9.17) is 13.7 Å². The summed E-state index contributed by atoms with van der Waals surface area (Å²) in [6.45, 7) is 3.69. The van der Waals surface area contributed by atoms with E-state index in [0.29, 0.717) is 17.3 Å². The largest absolute Gasteiger partial charge is 0.487 e. The molecule has 2 aromatic rings. The van der Waals surface area contributed by atoms with Gasteiger partial charge in [-0.3, -0.25) is 8.98 Å². The summed E-state index contributed by atoms with van der Waals surface area (Å²) in [6, 6.07) is 18.5.